The molecule has 0 amide bonds. The van der Waals surface area contributed by atoms with Gasteiger partial charge in [-0.1, -0.05) is 6.92 Å². The van der Waals surface area contributed by atoms with E-state index in [9.17, 15) is 9.59 Å². The summed E-state index contributed by atoms with van der Waals surface area (Å²) in [6, 6.07) is 0. The highest BCUT2D eigenvalue weighted by Crippen LogP contribution is 1.67. The van der Waals surface area contributed by atoms with Crippen LogP contribution in [0.3, 0.4) is 0 Å². The Morgan fingerprint density at radius 2 is 1.55 bits per heavy atom. The van der Waals surface area contributed by atoms with Gasteiger partial charge in [0.15, 0.2) is 0 Å². The summed E-state index contributed by atoms with van der Waals surface area (Å²) >= 11 is 0. The molecule has 0 aliphatic heterocycles. The van der Waals surface area contributed by atoms with E-state index in [0.717, 1.165) is 0 Å². The van der Waals surface area contributed by atoms with Crippen molar-refractivity contribution < 1.29 is 19.8 Å². The molecule has 0 rings (SSSR count). The minimum atomic E-state index is -1.16. The van der Waals surface area contributed by atoms with E-state index >= 15 is 0 Å². The van der Waals surface area contributed by atoms with Crippen LogP contribution in [0.4, 0.5) is 0 Å². The van der Waals surface area contributed by atoms with Crippen molar-refractivity contribution in [2.45, 2.75) is 20.3 Å². The summed E-state index contributed by atoms with van der Waals surface area (Å²) in [6.07, 6.45) is 0.222. The van der Waals surface area contributed by atoms with Crippen LogP contribution in [0.25, 0.3) is 0 Å². The summed E-state index contributed by atoms with van der Waals surface area (Å²) in [5, 5.41) is 21.8. The first kappa shape index (κ1) is 12.3. The Morgan fingerprint density at radius 3 is 1.55 bits per heavy atom. The minimum Gasteiger partial charge on any atom is -0.481 e. The Bertz CT molecular complexity index is 152. The summed E-state index contributed by atoms with van der Waals surface area (Å²) in [4.78, 5) is 18.8. The van der Waals surface area contributed by atoms with E-state index < -0.39 is 11.9 Å². The Hall–Kier alpha value is -1.39. The lowest BCUT2D eigenvalue weighted by Crippen LogP contribution is -2.04. The number of hydrogen-bond acceptors (Lipinski definition) is 3. The normalized spacial score (nSPS) is 7.45. The molecule has 3 N–H and O–H groups in total. The molecular weight excluding hydrogens is 150 g/mol. The molecule has 0 heterocycles. The first-order valence-corrected chi connectivity index (χ1v) is 2.92. The molecule has 0 saturated carbocycles. The third kappa shape index (κ3) is 17.7. The average molecular weight is 161 g/mol. The molecule has 0 aromatic rings. The van der Waals surface area contributed by atoms with Gasteiger partial charge in [0.2, 0.25) is 0 Å². The minimum absolute atomic E-state index is 0.222. The van der Waals surface area contributed by atoms with Crippen molar-refractivity contribution in [2.75, 3.05) is 0 Å². The number of nitrogens with one attached hydrogen (secondary N) is 1. The van der Waals surface area contributed by atoms with Crippen LogP contribution in [0.1, 0.15) is 20.3 Å². The topological polar surface area (TPSA) is 98.5 Å². The van der Waals surface area contributed by atoms with Crippen LogP contribution in [0, 0.1) is 5.41 Å². The number of carboxylic acids is 2. The highest BCUT2D eigenvalue weighted by molar-refractivity contribution is 6.33. The van der Waals surface area contributed by atoms with Gasteiger partial charge in [-0.15, -0.1) is 0 Å². The Morgan fingerprint density at radius 1 is 1.36 bits per heavy atom. The monoisotopic (exact) mass is 161 g/mol. The van der Waals surface area contributed by atoms with Gasteiger partial charge in [-0.2, -0.15) is 0 Å². The molecule has 5 nitrogen and oxygen atoms in total. The lowest BCUT2D eigenvalue weighted by Gasteiger charge is -1.77. The van der Waals surface area contributed by atoms with Gasteiger partial charge in [0.1, 0.15) is 5.71 Å². The number of hydrogen-bond donors (Lipinski definition) is 3. The quantitative estimate of drug-likeness (QED) is 0.516. The standard InChI is InChI=1S/C3H5NO2.C3H6O2/c1-2(4)3(5)6;1-2-3(4)5/h4H,1H3,(H,5,6);2H2,1H3,(H,4,5). The van der Waals surface area contributed by atoms with Crippen LogP contribution in [0.5, 0.6) is 0 Å². The number of aliphatic carboxylic acids is 2. The Kier molecular flexibility index (Phi) is 7.52. The molecule has 0 aromatic carbocycles. The van der Waals surface area contributed by atoms with E-state index in [-0.39, 0.29) is 12.1 Å². The van der Waals surface area contributed by atoms with Crippen LogP contribution in [-0.4, -0.2) is 27.9 Å². The van der Waals surface area contributed by atoms with Crippen LogP contribution in [-0.2, 0) is 9.59 Å². The fourth-order valence-electron chi connectivity index (χ4n) is 0. The summed E-state index contributed by atoms with van der Waals surface area (Å²) in [7, 11) is 0. The zero-order chi connectivity index (χ0) is 9.44. The second-order valence-corrected chi connectivity index (χ2v) is 1.68. The van der Waals surface area contributed by atoms with E-state index in [2.05, 4.69) is 0 Å². The van der Waals surface area contributed by atoms with Gasteiger partial charge < -0.3 is 10.2 Å². The second-order valence-electron chi connectivity index (χ2n) is 1.68. The van der Waals surface area contributed by atoms with Gasteiger partial charge in [-0.25, -0.2) is 4.79 Å². The van der Waals surface area contributed by atoms with Crippen LogP contribution in [0.2, 0.25) is 0 Å². The molecule has 0 spiro atoms. The highest BCUT2D eigenvalue weighted by Gasteiger charge is 1.93. The molecule has 0 saturated heterocycles. The predicted molar refractivity (Wildman–Crippen MR) is 39.0 cm³/mol. The molecule has 0 aliphatic rings. The molecule has 0 aromatic heterocycles. The number of carboxylic acid groups (broad SMARTS) is 2. The van der Waals surface area contributed by atoms with Crippen molar-refractivity contribution in [3.05, 3.63) is 0 Å². The van der Waals surface area contributed by atoms with Gasteiger partial charge in [0.25, 0.3) is 0 Å². The fourth-order valence-corrected chi connectivity index (χ4v) is 0. The molecule has 0 radical (unpaired) electrons. The molecule has 0 fully saturated rings. The van der Waals surface area contributed by atoms with E-state index in [1.807, 2.05) is 0 Å². The van der Waals surface area contributed by atoms with E-state index in [0.29, 0.717) is 0 Å². The molecule has 11 heavy (non-hydrogen) atoms. The molecule has 0 bridgehead atoms. The first-order chi connectivity index (χ1) is 4.91. The number of rotatable bonds is 2. The second kappa shape index (κ2) is 6.73. The van der Waals surface area contributed by atoms with E-state index in [1.165, 1.54) is 6.92 Å². The van der Waals surface area contributed by atoms with Crippen molar-refractivity contribution >= 4 is 17.7 Å². The molecule has 0 aliphatic carbocycles. The lowest BCUT2D eigenvalue weighted by atomic mass is 10.5. The largest absolute Gasteiger partial charge is 0.481 e. The van der Waals surface area contributed by atoms with Crippen molar-refractivity contribution in [1.29, 1.82) is 5.41 Å². The van der Waals surface area contributed by atoms with Gasteiger partial charge in [-0.05, 0) is 6.92 Å². The molecule has 0 atom stereocenters. The first-order valence-electron chi connectivity index (χ1n) is 2.92. The maximum absolute atomic E-state index is 9.47. The highest BCUT2D eigenvalue weighted by atomic mass is 16.4. The van der Waals surface area contributed by atoms with Crippen LogP contribution < -0.4 is 0 Å². The van der Waals surface area contributed by atoms with Crippen molar-refractivity contribution in [2.24, 2.45) is 0 Å². The number of carbonyl (C=O) groups is 2. The third-order valence-corrected chi connectivity index (χ3v) is 0.623. The maximum atomic E-state index is 9.47. The third-order valence-electron chi connectivity index (χ3n) is 0.623. The zero-order valence-electron chi connectivity index (χ0n) is 6.42. The Labute approximate surface area is 64.2 Å². The summed E-state index contributed by atoms with van der Waals surface area (Å²) in [5.74, 6) is -1.90. The SMILES string of the molecule is CC(=N)C(=O)O.CCC(=O)O. The summed E-state index contributed by atoms with van der Waals surface area (Å²) < 4.78 is 0. The van der Waals surface area contributed by atoms with E-state index in [4.69, 9.17) is 15.6 Å². The van der Waals surface area contributed by atoms with Crippen molar-refractivity contribution in [3.8, 4) is 0 Å². The zero-order valence-corrected chi connectivity index (χ0v) is 6.42. The van der Waals surface area contributed by atoms with Gasteiger partial charge in [0.05, 0.1) is 0 Å². The van der Waals surface area contributed by atoms with Gasteiger partial charge in [0, 0.05) is 6.42 Å². The van der Waals surface area contributed by atoms with Crippen LogP contribution >= 0.6 is 0 Å². The maximum Gasteiger partial charge on any atom is 0.349 e. The predicted octanol–water partition coefficient (Wildman–Crippen LogP) is 0.592. The van der Waals surface area contributed by atoms with Crippen molar-refractivity contribution in [3.63, 3.8) is 0 Å². The van der Waals surface area contributed by atoms with Crippen LogP contribution in [0.15, 0.2) is 0 Å². The van der Waals surface area contributed by atoms with Gasteiger partial charge in [-0.3, -0.25) is 10.2 Å². The fraction of sp³-hybridized carbons (Fsp3) is 0.500. The molecule has 5 heteroatoms. The Balaban J connectivity index is 0. The molecular formula is C6H11NO4. The summed E-state index contributed by atoms with van der Waals surface area (Å²) in [6.45, 7) is 2.82. The van der Waals surface area contributed by atoms with Crippen molar-refractivity contribution in [1.82, 2.24) is 0 Å². The summed E-state index contributed by atoms with van der Waals surface area (Å²) in [5.41, 5.74) is -0.324. The average Bonchev–Trinajstić information content (AvgIpc) is 1.89. The smallest absolute Gasteiger partial charge is 0.349 e. The van der Waals surface area contributed by atoms with Gasteiger partial charge >= 0.3 is 11.9 Å². The molecule has 64 valence electrons. The van der Waals surface area contributed by atoms with E-state index in [1.54, 1.807) is 6.92 Å². The molecule has 0 unspecified atom stereocenters. The lowest BCUT2D eigenvalue weighted by molar-refractivity contribution is -0.136.